The van der Waals surface area contributed by atoms with Crippen LogP contribution in [0.4, 0.5) is 13.2 Å². The number of halogens is 4. The largest absolute Gasteiger partial charge is 0.416 e. The first kappa shape index (κ1) is 22.0. The lowest BCUT2D eigenvalue weighted by Gasteiger charge is -2.14. The summed E-state index contributed by atoms with van der Waals surface area (Å²) in [5.41, 5.74) is 2.09. The van der Waals surface area contributed by atoms with Crippen molar-refractivity contribution in [2.75, 3.05) is 25.4 Å². The number of amides is 1. The molecule has 0 saturated heterocycles. The van der Waals surface area contributed by atoms with Gasteiger partial charge in [0.05, 0.1) is 10.6 Å². The van der Waals surface area contributed by atoms with E-state index in [4.69, 9.17) is 11.6 Å². The lowest BCUT2D eigenvalue weighted by atomic mass is 10.0. The van der Waals surface area contributed by atoms with E-state index in [2.05, 4.69) is 16.7 Å². The molecule has 3 rings (SSSR count). The first-order valence-electron chi connectivity index (χ1n) is 9.45. The van der Waals surface area contributed by atoms with Crippen LogP contribution in [-0.4, -0.2) is 31.3 Å². The Labute approximate surface area is 177 Å². The number of rotatable bonds is 6. The summed E-state index contributed by atoms with van der Waals surface area (Å²) in [6.45, 7) is 2.35. The van der Waals surface area contributed by atoms with Gasteiger partial charge >= 0.3 is 6.18 Å². The lowest BCUT2D eigenvalue weighted by Crippen LogP contribution is -2.24. The molecule has 0 radical (unpaired) electrons. The first-order valence-corrected chi connectivity index (χ1v) is 10.8. The fourth-order valence-electron chi connectivity index (χ4n) is 3.23. The van der Waals surface area contributed by atoms with Crippen LogP contribution in [0.3, 0.4) is 0 Å². The molecule has 0 aromatic heterocycles. The van der Waals surface area contributed by atoms with Gasteiger partial charge in [-0.15, -0.1) is 11.8 Å². The van der Waals surface area contributed by atoms with Crippen LogP contribution in [0.15, 0.2) is 41.3 Å². The van der Waals surface area contributed by atoms with Gasteiger partial charge in [-0.2, -0.15) is 13.2 Å². The summed E-state index contributed by atoms with van der Waals surface area (Å²) in [7, 11) is 0. The van der Waals surface area contributed by atoms with Gasteiger partial charge in [-0.1, -0.05) is 17.7 Å². The van der Waals surface area contributed by atoms with Gasteiger partial charge in [-0.3, -0.25) is 4.79 Å². The molecule has 29 heavy (non-hydrogen) atoms. The number of thioether (sulfide) groups is 1. The van der Waals surface area contributed by atoms with Gasteiger partial charge in [0.1, 0.15) is 0 Å². The summed E-state index contributed by atoms with van der Waals surface area (Å²) in [5, 5.41) is 6.90. The van der Waals surface area contributed by atoms with Gasteiger partial charge < -0.3 is 10.6 Å². The Morgan fingerprint density at radius 3 is 2.55 bits per heavy atom. The molecule has 156 valence electrons. The van der Waals surface area contributed by atoms with E-state index in [-0.39, 0.29) is 11.5 Å². The highest BCUT2D eigenvalue weighted by molar-refractivity contribution is 7.99. The van der Waals surface area contributed by atoms with Crippen LogP contribution in [-0.2, 0) is 19.0 Å². The molecule has 1 aliphatic heterocycles. The molecule has 1 heterocycles. The van der Waals surface area contributed by atoms with Crippen LogP contribution in [0, 0.1) is 0 Å². The molecule has 1 aliphatic rings. The Balaban J connectivity index is 1.48. The van der Waals surface area contributed by atoms with Crippen molar-refractivity contribution in [3.05, 3.63) is 63.7 Å². The van der Waals surface area contributed by atoms with E-state index in [1.807, 2.05) is 6.07 Å². The van der Waals surface area contributed by atoms with E-state index >= 15 is 0 Å². The number of fused-ring (bicyclic) bond motifs is 1. The Bertz CT molecular complexity index is 856. The highest BCUT2D eigenvalue weighted by atomic mass is 35.5. The third kappa shape index (κ3) is 5.90. The lowest BCUT2D eigenvalue weighted by molar-refractivity contribution is -0.137. The molecule has 0 unspecified atom stereocenters. The summed E-state index contributed by atoms with van der Waals surface area (Å²) < 4.78 is 37.8. The Morgan fingerprint density at radius 2 is 1.83 bits per heavy atom. The van der Waals surface area contributed by atoms with E-state index in [9.17, 15) is 18.0 Å². The van der Waals surface area contributed by atoms with Crippen molar-refractivity contribution in [1.29, 1.82) is 0 Å². The third-order valence-electron chi connectivity index (χ3n) is 4.76. The van der Waals surface area contributed by atoms with Gasteiger partial charge in [0.15, 0.2) is 0 Å². The minimum Gasteiger partial charge on any atom is -0.352 e. The topological polar surface area (TPSA) is 41.1 Å². The van der Waals surface area contributed by atoms with Crippen LogP contribution < -0.4 is 10.6 Å². The number of nitrogens with one attached hydrogen (secondary N) is 2. The molecular weight excluding hydrogens is 421 g/mol. The monoisotopic (exact) mass is 442 g/mol. The number of alkyl halides is 3. The molecular formula is C21H22ClF3N2OS. The number of hydrogen-bond donors (Lipinski definition) is 2. The van der Waals surface area contributed by atoms with Crippen LogP contribution >= 0.6 is 23.4 Å². The Morgan fingerprint density at radius 1 is 1.10 bits per heavy atom. The summed E-state index contributed by atoms with van der Waals surface area (Å²) >= 11 is 8.10. The minimum atomic E-state index is -4.40. The second kappa shape index (κ2) is 9.87. The van der Waals surface area contributed by atoms with Crippen molar-refractivity contribution in [3.8, 4) is 0 Å². The van der Waals surface area contributed by atoms with Crippen molar-refractivity contribution in [2.24, 2.45) is 0 Å². The zero-order valence-electron chi connectivity index (χ0n) is 15.7. The summed E-state index contributed by atoms with van der Waals surface area (Å²) in [6, 6.07) is 8.27. The molecule has 3 nitrogen and oxygen atoms in total. The van der Waals surface area contributed by atoms with Crippen LogP contribution in [0.2, 0.25) is 5.02 Å². The molecule has 0 bridgehead atoms. The van der Waals surface area contributed by atoms with E-state index in [1.165, 1.54) is 23.3 Å². The fraction of sp³-hybridized carbons (Fsp3) is 0.381. The van der Waals surface area contributed by atoms with Gasteiger partial charge in [-0.05, 0) is 79.6 Å². The number of carbonyl (C=O) groups excluding carboxylic acids is 1. The minimum absolute atomic E-state index is 0.217. The maximum Gasteiger partial charge on any atom is 0.416 e. The van der Waals surface area contributed by atoms with Crippen molar-refractivity contribution >= 4 is 29.3 Å². The summed E-state index contributed by atoms with van der Waals surface area (Å²) in [4.78, 5) is 13.2. The molecule has 0 fully saturated rings. The van der Waals surface area contributed by atoms with Crippen LogP contribution in [0.5, 0.6) is 0 Å². The zero-order valence-corrected chi connectivity index (χ0v) is 17.3. The van der Waals surface area contributed by atoms with Gasteiger partial charge in [0.2, 0.25) is 0 Å². The molecule has 1 amide bonds. The molecule has 0 spiro atoms. The quantitative estimate of drug-likeness (QED) is 0.490. The summed E-state index contributed by atoms with van der Waals surface area (Å²) in [5.74, 6) is 0.415. The van der Waals surface area contributed by atoms with E-state index in [1.54, 1.807) is 11.8 Å². The number of carbonyl (C=O) groups is 1. The van der Waals surface area contributed by atoms with Crippen molar-refractivity contribution in [3.63, 3.8) is 0 Å². The maximum atomic E-state index is 12.6. The molecule has 2 aromatic carbocycles. The van der Waals surface area contributed by atoms with Crippen molar-refractivity contribution in [2.45, 2.75) is 30.3 Å². The highest BCUT2D eigenvalue weighted by Crippen LogP contribution is 2.34. The van der Waals surface area contributed by atoms with Crippen molar-refractivity contribution in [1.82, 2.24) is 10.6 Å². The van der Waals surface area contributed by atoms with Crippen LogP contribution in [0.1, 0.15) is 33.5 Å². The van der Waals surface area contributed by atoms with Gasteiger partial charge in [0, 0.05) is 17.0 Å². The standard InChI is InChI=1S/C21H22ClF3N2OS/c22-18-7-4-14-8-11-26-12-9-17(14)19(18)29-13-1-10-27-20(28)15-2-5-16(6-3-15)21(23,24)25/h2-7,26H,1,8-13H2,(H,27,28). The van der Waals surface area contributed by atoms with Crippen molar-refractivity contribution < 1.29 is 18.0 Å². The molecule has 0 saturated carbocycles. The van der Waals surface area contributed by atoms with E-state index in [0.717, 1.165) is 60.2 Å². The second-order valence-electron chi connectivity index (χ2n) is 6.80. The zero-order chi connectivity index (χ0) is 20.9. The molecule has 2 aromatic rings. The average Bonchev–Trinajstić information content (AvgIpc) is 2.94. The predicted molar refractivity (Wildman–Crippen MR) is 111 cm³/mol. The SMILES string of the molecule is O=C(NCCCSc1c(Cl)ccc2c1CCNCC2)c1ccc(C(F)(F)F)cc1. The first-order chi connectivity index (χ1) is 13.9. The maximum absolute atomic E-state index is 12.6. The highest BCUT2D eigenvalue weighted by Gasteiger charge is 2.30. The Hall–Kier alpha value is -1.70. The molecule has 2 N–H and O–H groups in total. The smallest absolute Gasteiger partial charge is 0.352 e. The normalized spacial score (nSPS) is 14.2. The second-order valence-corrected chi connectivity index (χ2v) is 8.31. The fourth-order valence-corrected chi connectivity index (χ4v) is 4.67. The molecule has 0 atom stereocenters. The Kier molecular flexibility index (Phi) is 7.49. The van der Waals surface area contributed by atoms with E-state index in [0.29, 0.717) is 6.54 Å². The molecule has 0 aliphatic carbocycles. The van der Waals surface area contributed by atoms with Gasteiger partial charge in [-0.25, -0.2) is 0 Å². The number of hydrogen-bond acceptors (Lipinski definition) is 3. The average molecular weight is 443 g/mol. The molecule has 8 heteroatoms. The van der Waals surface area contributed by atoms with E-state index < -0.39 is 11.7 Å². The number of benzene rings is 2. The van der Waals surface area contributed by atoms with Crippen LogP contribution in [0.25, 0.3) is 0 Å². The third-order valence-corrected chi connectivity index (χ3v) is 6.43. The van der Waals surface area contributed by atoms with Gasteiger partial charge in [0.25, 0.3) is 5.91 Å². The summed E-state index contributed by atoms with van der Waals surface area (Å²) in [6.07, 6.45) is -1.74. The predicted octanol–water partition coefficient (Wildman–Crippen LogP) is 4.96.